The van der Waals surface area contributed by atoms with Gasteiger partial charge in [0.25, 0.3) is 11.8 Å². The molecule has 1 fully saturated rings. The fourth-order valence-corrected chi connectivity index (χ4v) is 4.20. The lowest BCUT2D eigenvalue weighted by molar-refractivity contribution is -0.151. The molecule has 1 aliphatic rings. The van der Waals surface area contributed by atoms with Crippen molar-refractivity contribution < 1.29 is 32.0 Å². The number of furan rings is 1. The summed E-state index contributed by atoms with van der Waals surface area (Å²) >= 11 is 0. The predicted octanol–water partition coefficient (Wildman–Crippen LogP) is -0.119. The van der Waals surface area contributed by atoms with Crippen molar-refractivity contribution in [2.45, 2.75) is 32.4 Å². The summed E-state index contributed by atoms with van der Waals surface area (Å²) < 4.78 is 32.7. The molecule has 0 radical (unpaired) electrons. The number of rotatable bonds is 7. The summed E-state index contributed by atoms with van der Waals surface area (Å²) in [7, 11) is -3.11. The minimum Gasteiger partial charge on any atom is -0.459 e. The normalized spacial score (nSPS) is 19.7. The lowest BCUT2D eigenvalue weighted by Gasteiger charge is -2.20. The molecule has 1 aromatic heterocycles. The van der Waals surface area contributed by atoms with Crippen molar-refractivity contribution in [1.29, 1.82) is 0 Å². The molecule has 9 nitrogen and oxygen atoms in total. The quantitative estimate of drug-likeness (QED) is 0.624. The molecule has 0 bridgehead atoms. The van der Waals surface area contributed by atoms with Crippen LogP contribution < -0.4 is 10.6 Å². The monoisotopic (exact) mass is 386 g/mol. The van der Waals surface area contributed by atoms with Crippen LogP contribution in [-0.2, 0) is 24.2 Å². The van der Waals surface area contributed by atoms with E-state index < -0.39 is 46.3 Å². The van der Waals surface area contributed by atoms with Crippen molar-refractivity contribution >= 4 is 27.6 Å². The van der Waals surface area contributed by atoms with Crippen molar-refractivity contribution in [3.8, 4) is 0 Å². The molecule has 0 saturated carbocycles. The van der Waals surface area contributed by atoms with Crippen molar-refractivity contribution in [1.82, 2.24) is 10.6 Å². The van der Waals surface area contributed by atoms with Gasteiger partial charge in [-0.2, -0.15) is 0 Å². The second-order valence-electron chi connectivity index (χ2n) is 6.45. The minimum absolute atomic E-state index is 0.0337. The number of amides is 2. The summed E-state index contributed by atoms with van der Waals surface area (Å²) in [6.07, 6.45) is 1.68. The molecule has 2 rings (SSSR count). The van der Waals surface area contributed by atoms with Crippen LogP contribution in [0.5, 0.6) is 0 Å². The highest BCUT2D eigenvalue weighted by molar-refractivity contribution is 7.91. The highest BCUT2D eigenvalue weighted by Crippen LogP contribution is 2.11. The third-order valence-electron chi connectivity index (χ3n) is 3.90. The van der Waals surface area contributed by atoms with Crippen molar-refractivity contribution in [2.75, 3.05) is 18.1 Å². The summed E-state index contributed by atoms with van der Waals surface area (Å²) in [5.74, 6) is -2.19. The van der Waals surface area contributed by atoms with Gasteiger partial charge in [0.15, 0.2) is 22.2 Å². The zero-order chi connectivity index (χ0) is 19.3. The van der Waals surface area contributed by atoms with Crippen LogP contribution in [0.1, 0.15) is 30.8 Å². The van der Waals surface area contributed by atoms with Gasteiger partial charge in [0.05, 0.1) is 17.8 Å². The highest BCUT2D eigenvalue weighted by atomic mass is 32.2. The number of nitrogens with one attached hydrogen (secondary N) is 2. The minimum atomic E-state index is -3.11. The van der Waals surface area contributed by atoms with Crippen LogP contribution in [0.2, 0.25) is 0 Å². The van der Waals surface area contributed by atoms with Crippen LogP contribution in [-0.4, -0.2) is 56.4 Å². The average molecular weight is 386 g/mol. The standard InChI is InChI=1S/C16H22N2O7S/c1-10(2)14(18-15(20)12-4-3-6-24-12)16(21)25-8-13(19)17-11-5-7-26(22,23)9-11/h3-4,6,10-11,14H,5,7-9H2,1-2H3,(H,17,19)(H,18,20)/t11-,14-/m0/s1. The number of esters is 1. The average Bonchev–Trinajstić information content (AvgIpc) is 3.19. The van der Waals surface area contributed by atoms with E-state index in [2.05, 4.69) is 10.6 Å². The zero-order valence-electron chi connectivity index (χ0n) is 14.6. The molecule has 0 aromatic carbocycles. The first-order valence-electron chi connectivity index (χ1n) is 8.19. The van der Waals surface area contributed by atoms with Gasteiger partial charge in [0, 0.05) is 6.04 Å². The molecule has 1 aliphatic heterocycles. The smallest absolute Gasteiger partial charge is 0.329 e. The molecule has 0 unspecified atom stereocenters. The number of sulfone groups is 1. The number of carbonyl (C=O) groups excluding carboxylic acids is 3. The zero-order valence-corrected chi connectivity index (χ0v) is 15.4. The van der Waals surface area contributed by atoms with Gasteiger partial charge in [0.2, 0.25) is 0 Å². The Morgan fingerprint density at radius 2 is 2.08 bits per heavy atom. The molecule has 26 heavy (non-hydrogen) atoms. The van der Waals surface area contributed by atoms with Gasteiger partial charge in [-0.15, -0.1) is 0 Å². The second kappa shape index (κ2) is 8.35. The van der Waals surface area contributed by atoms with Gasteiger partial charge in [-0.1, -0.05) is 13.8 Å². The Bertz CT molecular complexity index is 756. The molecule has 144 valence electrons. The molecule has 2 amide bonds. The summed E-state index contributed by atoms with van der Waals surface area (Å²) in [5, 5.41) is 5.03. The van der Waals surface area contributed by atoms with E-state index >= 15 is 0 Å². The van der Waals surface area contributed by atoms with Gasteiger partial charge in [-0.25, -0.2) is 13.2 Å². The molecule has 10 heteroatoms. The lowest BCUT2D eigenvalue weighted by Crippen LogP contribution is -2.46. The third-order valence-corrected chi connectivity index (χ3v) is 5.66. The van der Waals surface area contributed by atoms with Gasteiger partial charge in [0.1, 0.15) is 6.04 Å². The third kappa shape index (κ3) is 5.58. The van der Waals surface area contributed by atoms with E-state index in [0.29, 0.717) is 6.42 Å². The Morgan fingerprint density at radius 1 is 1.35 bits per heavy atom. The summed E-state index contributed by atoms with van der Waals surface area (Å²) in [6, 6.07) is 1.59. The molecule has 2 N–H and O–H groups in total. The Balaban J connectivity index is 1.83. The maximum atomic E-state index is 12.2. The van der Waals surface area contributed by atoms with E-state index in [4.69, 9.17) is 9.15 Å². The SMILES string of the molecule is CC(C)[C@H](NC(=O)c1ccco1)C(=O)OCC(=O)N[C@H]1CCS(=O)(=O)C1. The van der Waals surface area contributed by atoms with Crippen LogP contribution in [0.25, 0.3) is 0 Å². The molecule has 2 atom stereocenters. The topological polar surface area (TPSA) is 132 Å². The fourth-order valence-electron chi connectivity index (χ4n) is 2.52. The maximum Gasteiger partial charge on any atom is 0.329 e. The summed E-state index contributed by atoms with van der Waals surface area (Å²) in [6.45, 7) is 2.89. The molecule has 0 aliphatic carbocycles. The summed E-state index contributed by atoms with van der Waals surface area (Å²) in [4.78, 5) is 36.0. The first-order chi connectivity index (χ1) is 12.2. The Morgan fingerprint density at radius 3 is 2.62 bits per heavy atom. The van der Waals surface area contributed by atoms with Gasteiger partial charge in [-0.05, 0) is 24.5 Å². The fraction of sp³-hybridized carbons (Fsp3) is 0.562. The molecule has 2 heterocycles. The molecule has 1 saturated heterocycles. The number of ether oxygens (including phenoxy) is 1. The lowest BCUT2D eigenvalue weighted by atomic mass is 10.0. The first kappa shape index (κ1) is 20.0. The number of carbonyl (C=O) groups is 3. The van der Waals surface area contributed by atoms with Crippen molar-refractivity contribution in [3.63, 3.8) is 0 Å². The summed E-state index contributed by atoms with van der Waals surface area (Å²) in [5.41, 5.74) is 0. The van der Waals surface area contributed by atoms with E-state index in [-0.39, 0.29) is 23.2 Å². The van der Waals surface area contributed by atoms with E-state index in [1.165, 1.54) is 12.3 Å². The van der Waals surface area contributed by atoms with Crippen LogP contribution in [0.3, 0.4) is 0 Å². The molecule has 1 aromatic rings. The van der Waals surface area contributed by atoms with E-state index in [9.17, 15) is 22.8 Å². The van der Waals surface area contributed by atoms with Crippen LogP contribution >= 0.6 is 0 Å². The number of hydrogen-bond acceptors (Lipinski definition) is 7. The van der Waals surface area contributed by atoms with Crippen molar-refractivity contribution in [2.24, 2.45) is 5.92 Å². The Kier molecular flexibility index (Phi) is 6.41. The van der Waals surface area contributed by atoms with E-state index in [0.717, 1.165) is 0 Å². The molecular weight excluding hydrogens is 364 g/mol. The molecular formula is C16H22N2O7S. The molecule has 0 spiro atoms. The first-order valence-corrected chi connectivity index (χ1v) is 10.0. The van der Waals surface area contributed by atoms with Crippen LogP contribution in [0, 0.1) is 5.92 Å². The van der Waals surface area contributed by atoms with Crippen LogP contribution in [0.4, 0.5) is 0 Å². The van der Waals surface area contributed by atoms with E-state index in [1.807, 2.05) is 0 Å². The Hall–Kier alpha value is -2.36. The largest absolute Gasteiger partial charge is 0.459 e. The van der Waals surface area contributed by atoms with Gasteiger partial charge in [-0.3, -0.25) is 9.59 Å². The predicted molar refractivity (Wildman–Crippen MR) is 91.0 cm³/mol. The van der Waals surface area contributed by atoms with E-state index in [1.54, 1.807) is 19.9 Å². The highest BCUT2D eigenvalue weighted by Gasteiger charge is 2.30. The van der Waals surface area contributed by atoms with Crippen LogP contribution in [0.15, 0.2) is 22.8 Å². The van der Waals surface area contributed by atoms with Crippen molar-refractivity contribution in [3.05, 3.63) is 24.2 Å². The van der Waals surface area contributed by atoms with Gasteiger partial charge >= 0.3 is 5.97 Å². The van der Waals surface area contributed by atoms with Gasteiger partial charge < -0.3 is 19.8 Å². The Labute approximate surface area is 151 Å². The maximum absolute atomic E-state index is 12.2. The number of hydrogen-bond donors (Lipinski definition) is 2. The second-order valence-corrected chi connectivity index (χ2v) is 8.68.